The van der Waals surface area contributed by atoms with E-state index in [9.17, 15) is 0 Å². The Balaban J connectivity index is 0.000001000. The van der Waals surface area contributed by atoms with Crippen molar-refractivity contribution in [3.8, 4) is 0 Å². The van der Waals surface area contributed by atoms with Gasteiger partial charge in [0.2, 0.25) is 0 Å². The average molecular weight is 195 g/mol. The van der Waals surface area contributed by atoms with E-state index in [4.69, 9.17) is 0 Å². The zero-order chi connectivity index (χ0) is 7.61. The summed E-state index contributed by atoms with van der Waals surface area (Å²) in [5.41, 5.74) is 1.70. The number of halogens is 1. The van der Waals surface area contributed by atoms with Gasteiger partial charge < -0.3 is 0 Å². The molecule has 0 aromatic carbocycles. The van der Waals surface area contributed by atoms with Crippen molar-refractivity contribution in [2.75, 3.05) is 6.16 Å². The van der Waals surface area contributed by atoms with Gasteiger partial charge in [-0.2, -0.15) is 0 Å². The van der Waals surface area contributed by atoms with Crippen LogP contribution in [0.1, 0.15) is 40.0 Å². The third kappa shape index (κ3) is 5.04. The van der Waals surface area contributed by atoms with Crippen molar-refractivity contribution in [3.63, 3.8) is 0 Å². The molecule has 0 aliphatic heterocycles. The molecular formula is C9H20ClP. The molecule has 0 nitrogen and oxygen atoms in total. The van der Waals surface area contributed by atoms with E-state index in [0.717, 1.165) is 5.66 Å². The Labute approximate surface area is 78.7 Å². The molecule has 1 unspecified atom stereocenters. The molecule has 1 atom stereocenters. The van der Waals surface area contributed by atoms with Crippen LogP contribution in [0.5, 0.6) is 0 Å². The summed E-state index contributed by atoms with van der Waals surface area (Å²) in [6, 6.07) is 0. The minimum absolute atomic E-state index is 0. The van der Waals surface area contributed by atoms with Crippen LogP contribution < -0.4 is 0 Å². The lowest BCUT2D eigenvalue weighted by Gasteiger charge is -2.28. The molecule has 0 spiro atoms. The molecule has 1 aliphatic rings. The SMILES string of the molecule is CC(C)(C)CPC1CCC1.Cl. The molecule has 68 valence electrons. The van der Waals surface area contributed by atoms with Gasteiger partial charge in [-0.15, -0.1) is 21.0 Å². The van der Waals surface area contributed by atoms with Gasteiger partial charge in [-0.25, -0.2) is 0 Å². The summed E-state index contributed by atoms with van der Waals surface area (Å²) in [5, 5.41) is 0. The van der Waals surface area contributed by atoms with Gasteiger partial charge in [-0.3, -0.25) is 0 Å². The Kier molecular flexibility index (Phi) is 4.98. The monoisotopic (exact) mass is 194 g/mol. The normalized spacial score (nSPS) is 19.9. The summed E-state index contributed by atoms with van der Waals surface area (Å²) in [6.07, 6.45) is 5.99. The van der Waals surface area contributed by atoms with Crippen LogP contribution >= 0.6 is 21.0 Å². The molecule has 1 rings (SSSR count). The van der Waals surface area contributed by atoms with Gasteiger partial charge in [0.1, 0.15) is 0 Å². The van der Waals surface area contributed by atoms with Crippen molar-refractivity contribution in [3.05, 3.63) is 0 Å². The summed E-state index contributed by atoms with van der Waals surface area (Å²) in [7, 11) is 1.24. The maximum Gasteiger partial charge on any atom is -0.0236 e. The minimum atomic E-state index is 0. The molecule has 1 aliphatic carbocycles. The van der Waals surface area contributed by atoms with Gasteiger partial charge >= 0.3 is 0 Å². The van der Waals surface area contributed by atoms with E-state index in [0.29, 0.717) is 5.41 Å². The summed E-state index contributed by atoms with van der Waals surface area (Å²) in [4.78, 5) is 0. The first-order chi connectivity index (χ1) is 4.58. The van der Waals surface area contributed by atoms with Crippen molar-refractivity contribution in [1.29, 1.82) is 0 Å². The Morgan fingerprint density at radius 3 is 2.09 bits per heavy atom. The molecule has 0 aromatic heterocycles. The zero-order valence-corrected chi connectivity index (χ0v) is 9.63. The Morgan fingerprint density at radius 2 is 1.82 bits per heavy atom. The lowest BCUT2D eigenvalue weighted by molar-refractivity contribution is 0.467. The fourth-order valence-corrected chi connectivity index (χ4v) is 2.78. The largest absolute Gasteiger partial charge is 0.147 e. The maximum atomic E-state index is 2.35. The van der Waals surface area contributed by atoms with Crippen molar-refractivity contribution < 1.29 is 0 Å². The summed E-state index contributed by atoms with van der Waals surface area (Å²) in [6.45, 7) is 7.04. The first kappa shape index (κ1) is 11.7. The molecule has 0 saturated heterocycles. The Hall–Kier alpha value is 0.720. The van der Waals surface area contributed by atoms with Crippen LogP contribution in [0.4, 0.5) is 0 Å². The van der Waals surface area contributed by atoms with Gasteiger partial charge in [-0.1, -0.05) is 27.2 Å². The minimum Gasteiger partial charge on any atom is -0.147 e. The van der Waals surface area contributed by atoms with E-state index in [2.05, 4.69) is 20.8 Å². The van der Waals surface area contributed by atoms with Crippen LogP contribution in [0.3, 0.4) is 0 Å². The van der Waals surface area contributed by atoms with Crippen LogP contribution in [-0.2, 0) is 0 Å². The summed E-state index contributed by atoms with van der Waals surface area (Å²) in [5.74, 6) is 0. The highest BCUT2D eigenvalue weighted by Crippen LogP contribution is 2.39. The van der Waals surface area contributed by atoms with Crippen molar-refractivity contribution in [2.45, 2.75) is 45.7 Å². The van der Waals surface area contributed by atoms with Crippen LogP contribution in [0, 0.1) is 5.41 Å². The molecule has 0 bridgehead atoms. The number of hydrogen-bond acceptors (Lipinski definition) is 0. The lowest BCUT2D eigenvalue weighted by Crippen LogP contribution is -2.16. The number of rotatable bonds is 2. The van der Waals surface area contributed by atoms with Crippen LogP contribution in [0.2, 0.25) is 0 Å². The molecule has 11 heavy (non-hydrogen) atoms. The highest BCUT2D eigenvalue weighted by atomic mass is 35.5. The topological polar surface area (TPSA) is 0 Å². The third-order valence-electron chi connectivity index (χ3n) is 2.03. The predicted octanol–water partition coefficient (Wildman–Crippen LogP) is 3.69. The maximum absolute atomic E-state index is 2.35. The second kappa shape index (κ2) is 4.67. The van der Waals surface area contributed by atoms with E-state index in [-0.39, 0.29) is 12.4 Å². The van der Waals surface area contributed by atoms with E-state index >= 15 is 0 Å². The fraction of sp³-hybridized carbons (Fsp3) is 1.00. The third-order valence-corrected chi connectivity index (χ3v) is 4.45. The first-order valence-electron chi connectivity index (χ1n) is 4.31. The van der Waals surface area contributed by atoms with Crippen LogP contribution in [0.15, 0.2) is 0 Å². The highest BCUT2D eigenvalue weighted by Gasteiger charge is 2.19. The first-order valence-corrected chi connectivity index (χ1v) is 5.60. The average Bonchev–Trinajstić information content (AvgIpc) is 1.56. The van der Waals surface area contributed by atoms with Gasteiger partial charge in [0.15, 0.2) is 0 Å². The molecular weight excluding hydrogens is 175 g/mol. The quantitative estimate of drug-likeness (QED) is 0.589. The van der Waals surface area contributed by atoms with Crippen molar-refractivity contribution in [2.24, 2.45) is 5.41 Å². The molecule has 1 fully saturated rings. The molecule has 0 aromatic rings. The van der Waals surface area contributed by atoms with Crippen LogP contribution in [0.25, 0.3) is 0 Å². The predicted molar refractivity (Wildman–Crippen MR) is 57.5 cm³/mol. The molecule has 2 heteroatoms. The molecule has 0 N–H and O–H groups in total. The van der Waals surface area contributed by atoms with E-state index < -0.39 is 0 Å². The lowest BCUT2D eigenvalue weighted by atomic mass is 9.99. The van der Waals surface area contributed by atoms with Crippen molar-refractivity contribution in [1.82, 2.24) is 0 Å². The molecule has 0 heterocycles. The molecule has 0 radical (unpaired) electrons. The van der Waals surface area contributed by atoms with Gasteiger partial charge in [0.05, 0.1) is 0 Å². The Bertz CT molecular complexity index is 103. The van der Waals surface area contributed by atoms with Gasteiger partial charge in [0, 0.05) is 0 Å². The second-order valence-electron chi connectivity index (χ2n) is 4.57. The van der Waals surface area contributed by atoms with E-state index in [1.807, 2.05) is 0 Å². The van der Waals surface area contributed by atoms with Crippen molar-refractivity contribution >= 4 is 21.0 Å². The van der Waals surface area contributed by atoms with E-state index in [1.165, 1.54) is 34.0 Å². The van der Waals surface area contributed by atoms with Gasteiger partial charge in [-0.05, 0) is 30.1 Å². The standard InChI is InChI=1S/C9H19P.ClH/c1-9(2,3)7-10-8-5-4-6-8;/h8,10H,4-7H2,1-3H3;1H. The number of hydrogen-bond donors (Lipinski definition) is 0. The fourth-order valence-electron chi connectivity index (χ4n) is 1.06. The summed E-state index contributed by atoms with van der Waals surface area (Å²) >= 11 is 0. The molecule has 1 saturated carbocycles. The summed E-state index contributed by atoms with van der Waals surface area (Å²) < 4.78 is 0. The van der Waals surface area contributed by atoms with E-state index in [1.54, 1.807) is 0 Å². The highest BCUT2D eigenvalue weighted by molar-refractivity contribution is 7.39. The smallest absolute Gasteiger partial charge is 0.0236 e. The van der Waals surface area contributed by atoms with Gasteiger partial charge in [0.25, 0.3) is 0 Å². The molecule has 0 amide bonds. The zero-order valence-electron chi connectivity index (χ0n) is 7.81. The second-order valence-corrected chi connectivity index (χ2v) is 6.15. The van der Waals surface area contributed by atoms with Crippen LogP contribution in [-0.4, -0.2) is 11.8 Å². The Morgan fingerprint density at radius 1 is 1.27 bits per heavy atom.